The van der Waals surface area contributed by atoms with E-state index in [0.29, 0.717) is 13.0 Å². The molecule has 0 spiro atoms. The van der Waals surface area contributed by atoms with Crippen molar-refractivity contribution in [1.29, 1.82) is 0 Å². The number of para-hydroxylation sites is 1. The number of amides is 1. The fraction of sp³-hybridized carbons (Fsp3) is 0.571. The molecule has 0 fully saturated rings. The van der Waals surface area contributed by atoms with Gasteiger partial charge < -0.3 is 10.1 Å². The SMILES string of the molecule is CCOC(=O)[C@@H](NC(=O)c1nn(CCCCCF)c2ccccc12)C(C)(C)C. The first kappa shape index (κ1) is 21.9. The standard InChI is InChI=1S/C21H30FN3O3/c1-5-28-20(27)18(21(2,3)4)23-19(26)17-15-11-7-8-12-16(15)25(24-17)14-10-6-9-13-22/h7-8,11-12,18H,5-6,9-10,13-14H2,1-4H3,(H,23,26)/t18-/m1/s1. The maximum absolute atomic E-state index is 13.0. The molecule has 2 aromatic rings. The van der Waals surface area contributed by atoms with E-state index >= 15 is 0 Å². The fourth-order valence-corrected chi connectivity index (χ4v) is 3.05. The fourth-order valence-electron chi connectivity index (χ4n) is 3.05. The summed E-state index contributed by atoms with van der Waals surface area (Å²) in [5.74, 6) is -0.870. The number of unbranched alkanes of at least 4 members (excludes halogenated alkanes) is 2. The van der Waals surface area contributed by atoms with Gasteiger partial charge in [-0.25, -0.2) is 4.79 Å². The predicted molar refractivity (Wildman–Crippen MR) is 107 cm³/mol. The second-order valence-electron chi connectivity index (χ2n) is 7.86. The Balaban J connectivity index is 2.27. The van der Waals surface area contributed by atoms with Gasteiger partial charge >= 0.3 is 5.97 Å². The van der Waals surface area contributed by atoms with E-state index in [-0.39, 0.29) is 19.0 Å². The van der Waals surface area contributed by atoms with Crippen molar-refractivity contribution in [3.63, 3.8) is 0 Å². The van der Waals surface area contributed by atoms with Gasteiger partial charge in [-0.1, -0.05) is 39.0 Å². The van der Waals surface area contributed by atoms with Crippen LogP contribution in [0.4, 0.5) is 4.39 Å². The molecule has 28 heavy (non-hydrogen) atoms. The number of esters is 1. The number of nitrogens with zero attached hydrogens (tertiary/aromatic N) is 2. The Labute approximate surface area is 165 Å². The van der Waals surface area contributed by atoms with E-state index in [2.05, 4.69) is 10.4 Å². The number of aryl methyl sites for hydroxylation is 1. The number of carbonyl (C=O) groups excluding carboxylic acids is 2. The van der Waals surface area contributed by atoms with Crippen molar-refractivity contribution in [1.82, 2.24) is 15.1 Å². The molecule has 2 rings (SSSR count). The Morgan fingerprint density at radius 3 is 2.57 bits per heavy atom. The summed E-state index contributed by atoms with van der Waals surface area (Å²) in [6, 6.07) is 6.70. The van der Waals surface area contributed by atoms with Gasteiger partial charge in [0.15, 0.2) is 5.69 Å². The van der Waals surface area contributed by atoms with E-state index in [1.807, 2.05) is 45.0 Å². The molecule has 0 saturated carbocycles. The minimum absolute atomic E-state index is 0.248. The quantitative estimate of drug-likeness (QED) is 0.520. The molecule has 0 bridgehead atoms. The highest BCUT2D eigenvalue weighted by Crippen LogP contribution is 2.23. The van der Waals surface area contributed by atoms with Gasteiger partial charge in [0.1, 0.15) is 6.04 Å². The lowest BCUT2D eigenvalue weighted by molar-refractivity contribution is -0.148. The molecular formula is C21H30FN3O3. The molecule has 1 aromatic heterocycles. The van der Waals surface area contributed by atoms with Crippen LogP contribution in [0.15, 0.2) is 24.3 Å². The number of hydrogen-bond donors (Lipinski definition) is 1. The van der Waals surface area contributed by atoms with E-state index < -0.39 is 23.3 Å². The normalized spacial score (nSPS) is 12.8. The number of halogens is 1. The molecule has 1 amide bonds. The van der Waals surface area contributed by atoms with Crippen molar-refractivity contribution >= 4 is 22.8 Å². The Morgan fingerprint density at radius 1 is 1.21 bits per heavy atom. The van der Waals surface area contributed by atoms with E-state index in [0.717, 1.165) is 23.7 Å². The lowest BCUT2D eigenvalue weighted by Gasteiger charge is -2.29. The van der Waals surface area contributed by atoms with Gasteiger partial charge in [0.2, 0.25) is 0 Å². The van der Waals surface area contributed by atoms with Gasteiger partial charge in [0.05, 0.1) is 18.8 Å². The summed E-state index contributed by atoms with van der Waals surface area (Å²) in [6.07, 6.45) is 2.07. The van der Waals surface area contributed by atoms with Crippen molar-refractivity contribution in [2.75, 3.05) is 13.3 Å². The third-order valence-electron chi connectivity index (χ3n) is 4.54. The molecule has 0 radical (unpaired) electrons. The smallest absolute Gasteiger partial charge is 0.329 e. The number of rotatable bonds is 9. The van der Waals surface area contributed by atoms with Crippen molar-refractivity contribution in [2.45, 2.75) is 59.5 Å². The molecule has 1 heterocycles. The van der Waals surface area contributed by atoms with Crippen LogP contribution in [0.3, 0.4) is 0 Å². The van der Waals surface area contributed by atoms with Crippen LogP contribution >= 0.6 is 0 Å². The summed E-state index contributed by atoms with van der Waals surface area (Å²) in [5.41, 5.74) is 0.614. The third-order valence-corrected chi connectivity index (χ3v) is 4.54. The van der Waals surface area contributed by atoms with Gasteiger partial charge in [0, 0.05) is 11.9 Å². The maximum Gasteiger partial charge on any atom is 0.329 e. The second-order valence-corrected chi connectivity index (χ2v) is 7.86. The lowest BCUT2D eigenvalue weighted by Crippen LogP contribution is -2.50. The van der Waals surface area contributed by atoms with Gasteiger partial charge in [-0.3, -0.25) is 13.9 Å². The van der Waals surface area contributed by atoms with Crippen molar-refractivity contribution in [3.05, 3.63) is 30.0 Å². The van der Waals surface area contributed by atoms with E-state index in [9.17, 15) is 14.0 Å². The zero-order valence-electron chi connectivity index (χ0n) is 17.1. The Morgan fingerprint density at radius 2 is 1.93 bits per heavy atom. The molecular weight excluding hydrogens is 361 g/mol. The number of nitrogens with one attached hydrogen (secondary N) is 1. The molecule has 0 aliphatic heterocycles. The number of aromatic nitrogens is 2. The Hall–Kier alpha value is -2.44. The van der Waals surface area contributed by atoms with Crippen LogP contribution < -0.4 is 5.32 Å². The van der Waals surface area contributed by atoms with Crippen LogP contribution in [-0.4, -0.2) is 41.0 Å². The van der Waals surface area contributed by atoms with Crippen LogP contribution in [0.1, 0.15) is 57.4 Å². The van der Waals surface area contributed by atoms with Gasteiger partial charge in [-0.2, -0.15) is 5.10 Å². The van der Waals surface area contributed by atoms with Crippen LogP contribution in [0, 0.1) is 5.41 Å². The predicted octanol–water partition coefficient (Wildman–Crippen LogP) is 3.88. The van der Waals surface area contributed by atoms with Crippen LogP contribution in [-0.2, 0) is 16.1 Å². The number of alkyl halides is 1. The van der Waals surface area contributed by atoms with E-state index in [1.54, 1.807) is 11.6 Å². The largest absolute Gasteiger partial charge is 0.464 e. The molecule has 7 heteroatoms. The number of benzene rings is 1. The second kappa shape index (κ2) is 9.66. The Bertz CT molecular complexity index is 811. The highest BCUT2D eigenvalue weighted by atomic mass is 19.1. The molecule has 1 N–H and O–H groups in total. The molecule has 6 nitrogen and oxygen atoms in total. The van der Waals surface area contributed by atoms with Crippen molar-refractivity contribution < 1.29 is 18.7 Å². The van der Waals surface area contributed by atoms with Crippen LogP contribution in [0.5, 0.6) is 0 Å². The summed E-state index contributed by atoms with van der Waals surface area (Å²) in [4.78, 5) is 25.3. The number of carbonyl (C=O) groups is 2. The zero-order valence-corrected chi connectivity index (χ0v) is 17.1. The van der Waals surface area contributed by atoms with Crippen LogP contribution in [0.2, 0.25) is 0 Å². The summed E-state index contributed by atoms with van der Waals surface area (Å²) >= 11 is 0. The highest BCUT2D eigenvalue weighted by Gasteiger charge is 2.35. The monoisotopic (exact) mass is 391 g/mol. The molecule has 0 aliphatic rings. The summed E-state index contributed by atoms with van der Waals surface area (Å²) < 4.78 is 19.2. The first-order valence-electron chi connectivity index (χ1n) is 9.78. The molecule has 0 saturated heterocycles. The third kappa shape index (κ3) is 5.30. The highest BCUT2D eigenvalue weighted by molar-refractivity contribution is 6.06. The van der Waals surface area contributed by atoms with Gasteiger partial charge in [-0.15, -0.1) is 0 Å². The Kier molecular flexibility index (Phi) is 7.54. The van der Waals surface area contributed by atoms with Gasteiger partial charge in [-0.05, 0) is 37.7 Å². The summed E-state index contributed by atoms with van der Waals surface area (Å²) in [7, 11) is 0. The topological polar surface area (TPSA) is 73.2 Å². The van der Waals surface area contributed by atoms with Gasteiger partial charge in [0.25, 0.3) is 5.91 Å². The molecule has 1 aromatic carbocycles. The molecule has 1 atom stereocenters. The minimum atomic E-state index is -0.784. The van der Waals surface area contributed by atoms with Crippen molar-refractivity contribution in [2.24, 2.45) is 5.41 Å². The minimum Gasteiger partial charge on any atom is -0.464 e. The number of fused-ring (bicyclic) bond motifs is 1. The molecule has 0 aliphatic carbocycles. The van der Waals surface area contributed by atoms with E-state index in [4.69, 9.17) is 4.74 Å². The summed E-state index contributed by atoms with van der Waals surface area (Å²) in [5, 5.41) is 8.01. The molecule has 0 unspecified atom stereocenters. The van der Waals surface area contributed by atoms with Crippen molar-refractivity contribution in [3.8, 4) is 0 Å². The maximum atomic E-state index is 13.0. The molecule has 154 valence electrons. The first-order valence-corrected chi connectivity index (χ1v) is 9.78. The first-order chi connectivity index (χ1) is 13.3. The van der Waals surface area contributed by atoms with E-state index in [1.165, 1.54) is 0 Å². The lowest BCUT2D eigenvalue weighted by atomic mass is 9.86. The zero-order chi connectivity index (χ0) is 20.7. The average molecular weight is 391 g/mol. The average Bonchev–Trinajstić information content (AvgIpc) is 3.01. The van der Waals surface area contributed by atoms with Crippen LogP contribution in [0.25, 0.3) is 10.9 Å². The summed E-state index contributed by atoms with van der Waals surface area (Å²) in [6.45, 7) is 7.88. The number of ether oxygens (including phenoxy) is 1. The number of hydrogen-bond acceptors (Lipinski definition) is 4.